The molecule has 148 valence electrons. The lowest BCUT2D eigenvalue weighted by Gasteiger charge is -2.17. The highest BCUT2D eigenvalue weighted by molar-refractivity contribution is 6.30. The Morgan fingerprint density at radius 3 is 2.25 bits per heavy atom. The van der Waals surface area contributed by atoms with E-state index < -0.39 is 18.0 Å². The highest BCUT2D eigenvalue weighted by Gasteiger charge is 2.19. The van der Waals surface area contributed by atoms with E-state index in [1.54, 1.807) is 24.3 Å². The Morgan fingerprint density at radius 2 is 1.61 bits per heavy atom. The van der Waals surface area contributed by atoms with Crippen molar-refractivity contribution in [1.29, 1.82) is 0 Å². The molecule has 0 aliphatic carbocycles. The molecule has 2 atom stereocenters. The lowest BCUT2D eigenvalue weighted by molar-refractivity contribution is -0.153. The molecule has 0 saturated carbocycles. The van der Waals surface area contributed by atoms with Gasteiger partial charge in [-0.1, -0.05) is 48.9 Å². The van der Waals surface area contributed by atoms with Crippen LogP contribution in [0, 0.1) is 0 Å². The van der Waals surface area contributed by atoms with Crippen molar-refractivity contribution in [3.63, 3.8) is 0 Å². The van der Waals surface area contributed by atoms with Crippen molar-refractivity contribution in [2.45, 2.75) is 25.9 Å². The average molecular weight is 403 g/mol. The van der Waals surface area contributed by atoms with E-state index >= 15 is 0 Å². The fraction of sp³-hybridized carbons (Fsp3) is 0.286. The summed E-state index contributed by atoms with van der Waals surface area (Å²) in [7, 11) is 0. The molecular formula is C21H23ClN2O4. The number of amides is 2. The van der Waals surface area contributed by atoms with E-state index in [-0.39, 0.29) is 18.4 Å². The van der Waals surface area contributed by atoms with Gasteiger partial charge in [-0.15, -0.1) is 0 Å². The second-order valence-corrected chi connectivity index (χ2v) is 6.81. The predicted molar refractivity (Wildman–Crippen MR) is 107 cm³/mol. The van der Waals surface area contributed by atoms with E-state index in [9.17, 15) is 14.4 Å². The van der Waals surface area contributed by atoms with Crippen molar-refractivity contribution in [1.82, 2.24) is 10.6 Å². The number of carbonyl (C=O) groups excluding carboxylic acids is 3. The number of halogens is 1. The van der Waals surface area contributed by atoms with Gasteiger partial charge in [0.25, 0.3) is 11.8 Å². The SMILES string of the molecule is CC(OC(=O)CNC(=O)c1ccc(Cl)cc1)C(=O)NCC(C)c1ccccc1. The average Bonchev–Trinajstić information content (AvgIpc) is 2.71. The van der Waals surface area contributed by atoms with Gasteiger partial charge in [-0.3, -0.25) is 14.4 Å². The number of hydrogen-bond donors (Lipinski definition) is 2. The molecule has 0 spiro atoms. The third-order valence-corrected chi connectivity index (χ3v) is 4.38. The summed E-state index contributed by atoms with van der Waals surface area (Å²) >= 11 is 5.77. The molecule has 2 unspecified atom stereocenters. The lowest BCUT2D eigenvalue weighted by Crippen LogP contribution is -2.39. The highest BCUT2D eigenvalue weighted by Crippen LogP contribution is 2.13. The Labute approximate surface area is 169 Å². The van der Waals surface area contributed by atoms with Crippen LogP contribution in [0.3, 0.4) is 0 Å². The van der Waals surface area contributed by atoms with Crippen LogP contribution in [0.2, 0.25) is 5.02 Å². The molecular weight excluding hydrogens is 380 g/mol. The zero-order chi connectivity index (χ0) is 20.5. The molecule has 0 radical (unpaired) electrons. The molecule has 2 rings (SSSR count). The largest absolute Gasteiger partial charge is 0.451 e. The second-order valence-electron chi connectivity index (χ2n) is 6.38. The van der Waals surface area contributed by atoms with Gasteiger partial charge in [-0.05, 0) is 42.7 Å². The van der Waals surface area contributed by atoms with Gasteiger partial charge in [-0.25, -0.2) is 0 Å². The second kappa shape index (κ2) is 10.5. The number of esters is 1. The Balaban J connectivity index is 1.72. The van der Waals surface area contributed by atoms with Crippen LogP contribution in [0.1, 0.15) is 35.7 Å². The molecule has 0 aliphatic rings. The molecule has 0 saturated heterocycles. The Bertz CT molecular complexity index is 809. The van der Waals surface area contributed by atoms with Gasteiger partial charge in [0, 0.05) is 17.1 Å². The van der Waals surface area contributed by atoms with Crippen LogP contribution in [0.5, 0.6) is 0 Å². The van der Waals surface area contributed by atoms with Gasteiger partial charge in [0.15, 0.2) is 6.10 Å². The van der Waals surface area contributed by atoms with Crippen molar-refractivity contribution < 1.29 is 19.1 Å². The first-order chi connectivity index (χ1) is 13.4. The van der Waals surface area contributed by atoms with Crippen molar-refractivity contribution in [3.05, 3.63) is 70.7 Å². The molecule has 2 amide bonds. The van der Waals surface area contributed by atoms with Crippen molar-refractivity contribution >= 4 is 29.4 Å². The maximum Gasteiger partial charge on any atom is 0.326 e. The highest BCUT2D eigenvalue weighted by atomic mass is 35.5. The van der Waals surface area contributed by atoms with Gasteiger partial charge < -0.3 is 15.4 Å². The van der Waals surface area contributed by atoms with E-state index in [1.165, 1.54) is 6.92 Å². The van der Waals surface area contributed by atoms with Crippen LogP contribution in [0.4, 0.5) is 0 Å². The van der Waals surface area contributed by atoms with Crippen LogP contribution in [-0.2, 0) is 14.3 Å². The van der Waals surface area contributed by atoms with Crippen LogP contribution in [0.15, 0.2) is 54.6 Å². The Hall–Kier alpha value is -2.86. The van der Waals surface area contributed by atoms with E-state index in [0.29, 0.717) is 17.1 Å². The first kappa shape index (κ1) is 21.4. The predicted octanol–water partition coefficient (Wildman–Crippen LogP) is 2.92. The van der Waals surface area contributed by atoms with Gasteiger partial charge in [-0.2, -0.15) is 0 Å². The van der Waals surface area contributed by atoms with E-state index in [2.05, 4.69) is 10.6 Å². The van der Waals surface area contributed by atoms with E-state index in [1.807, 2.05) is 37.3 Å². The van der Waals surface area contributed by atoms with E-state index in [4.69, 9.17) is 16.3 Å². The molecule has 28 heavy (non-hydrogen) atoms. The van der Waals surface area contributed by atoms with Crippen LogP contribution in [-0.4, -0.2) is 37.0 Å². The summed E-state index contributed by atoms with van der Waals surface area (Å²) in [6.07, 6.45) is -0.956. The number of ether oxygens (including phenoxy) is 1. The molecule has 6 nitrogen and oxygen atoms in total. The van der Waals surface area contributed by atoms with Crippen molar-refractivity contribution in [2.24, 2.45) is 0 Å². The minimum absolute atomic E-state index is 0.131. The molecule has 0 aromatic heterocycles. The number of hydrogen-bond acceptors (Lipinski definition) is 4. The van der Waals surface area contributed by atoms with Crippen LogP contribution in [0.25, 0.3) is 0 Å². The molecule has 0 fully saturated rings. The third-order valence-electron chi connectivity index (χ3n) is 4.13. The van der Waals surface area contributed by atoms with Crippen molar-refractivity contribution in [3.8, 4) is 0 Å². The van der Waals surface area contributed by atoms with Gasteiger partial charge in [0.05, 0.1) is 0 Å². The number of rotatable bonds is 8. The zero-order valence-corrected chi connectivity index (χ0v) is 16.5. The summed E-state index contributed by atoms with van der Waals surface area (Å²) in [6.45, 7) is 3.58. The number of benzene rings is 2. The summed E-state index contributed by atoms with van der Waals surface area (Å²) in [6, 6.07) is 16.1. The standard InChI is InChI=1S/C21H23ClN2O4/c1-14(16-6-4-3-5-7-16)12-23-20(26)15(2)28-19(25)13-24-21(27)17-8-10-18(22)11-9-17/h3-11,14-15H,12-13H2,1-2H3,(H,23,26)(H,24,27). The summed E-state index contributed by atoms with van der Waals surface area (Å²) < 4.78 is 5.07. The molecule has 7 heteroatoms. The minimum Gasteiger partial charge on any atom is -0.451 e. The monoisotopic (exact) mass is 402 g/mol. The fourth-order valence-electron chi connectivity index (χ4n) is 2.44. The lowest BCUT2D eigenvalue weighted by atomic mass is 10.0. The first-order valence-electron chi connectivity index (χ1n) is 8.92. The molecule has 0 bridgehead atoms. The maximum absolute atomic E-state index is 12.1. The summed E-state index contributed by atoms with van der Waals surface area (Å²) in [5.41, 5.74) is 1.48. The topological polar surface area (TPSA) is 84.5 Å². The molecule has 0 heterocycles. The van der Waals surface area contributed by atoms with Gasteiger partial charge >= 0.3 is 5.97 Å². The maximum atomic E-state index is 12.1. The van der Waals surface area contributed by atoms with Crippen LogP contribution >= 0.6 is 11.6 Å². The molecule has 2 N–H and O–H groups in total. The Kier molecular flexibility index (Phi) is 8.02. The van der Waals surface area contributed by atoms with E-state index in [0.717, 1.165) is 5.56 Å². The zero-order valence-electron chi connectivity index (χ0n) is 15.8. The normalized spacial score (nSPS) is 12.5. The van der Waals surface area contributed by atoms with Gasteiger partial charge in [0.2, 0.25) is 0 Å². The molecule has 0 aliphatic heterocycles. The smallest absolute Gasteiger partial charge is 0.326 e. The summed E-state index contributed by atoms with van der Waals surface area (Å²) in [5, 5.41) is 5.72. The fourth-order valence-corrected chi connectivity index (χ4v) is 2.57. The van der Waals surface area contributed by atoms with Gasteiger partial charge in [0.1, 0.15) is 6.54 Å². The molecule has 2 aromatic rings. The van der Waals surface area contributed by atoms with Crippen molar-refractivity contribution in [2.75, 3.05) is 13.1 Å². The number of carbonyl (C=O) groups is 3. The summed E-state index contributed by atoms with van der Waals surface area (Å²) in [4.78, 5) is 35.9. The summed E-state index contributed by atoms with van der Waals surface area (Å²) in [5.74, 6) is -1.38. The first-order valence-corrected chi connectivity index (χ1v) is 9.30. The van der Waals surface area contributed by atoms with Crippen LogP contribution < -0.4 is 10.6 Å². The Morgan fingerprint density at radius 1 is 0.964 bits per heavy atom. The molecule has 2 aromatic carbocycles. The quantitative estimate of drug-likeness (QED) is 0.665. The minimum atomic E-state index is -0.956. The third kappa shape index (κ3) is 6.70. The number of nitrogens with one attached hydrogen (secondary N) is 2.